The molecule has 1 aliphatic carbocycles. The van der Waals surface area contributed by atoms with Gasteiger partial charge in [0.15, 0.2) is 0 Å². The molecule has 0 aromatic heterocycles. The maximum atomic E-state index is 12.3. The van der Waals surface area contributed by atoms with E-state index >= 15 is 0 Å². The van der Waals surface area contributed by atoms with Crippen molar-refractivity contribution in [1.82, 2.24) is 5.32 Å². The monoisotopic (exact) mass is 315 g/mol. The highest BCUT2D eigenvalue weighted by molar-refractivity contribution is 7.85. The number of amides is 1. The molecule has 6 heteroatoms. The lowest BCUT2D eigenvalue weighted by molar-refractivity contribution is -0.141. The Morgan fingerprint density at radius 1 is 1.10 bits per heavy atom. The summed E-state index contributed by atoms with van der Waals surface area (Å²) in [5, 5.41) is 12.1. The lowest BCUT2D eigenvalue weighted by atomic mass is 9.69. The van der Waals surface area contributed by atoms with E-state index in [1.54, 1.807) is 0 Å². The molecule has 1 heterocycles. The number of hydrogen-bond acceptors (Lipinski definition) is 3. The summed E-state index contributed by atoms with van der Waals surface area (Å²) in [7, 11) is -0.727. The van der Waals surface area contributed by atoms with Gasteiger partial charge in [0.25, 0.3) is 0 Å². The normalized spacial score (nSPS) is 28.8. The van der Waals surface area contributed by atoms with Crippen molar-refractivity contribution in [3.8, 4) is 0 Å². The number of carboxylic acid groups (broad SMARTS) is 1. The quantitative estimate of drug-likeness (QED) is 0.811. The summed E-state index contributed by atoms with van der Waals surface area (Å²) in [6.07, 6.45) is 6.79. The van der Waals surface area contributed by atoms with Crippen LogP contribution in [0.3, 0.4) is 0 Å². The molecule has 0 unspecified atom stereocenters. The van der Waals surface area contributed by atoms with Gasteiger partial charge in [-0.05, 0) is 31.1 Å². The molecule has 2 rings (SSSR count). The van der Waals surface area contributed by atoms with Crippen LogP contribution in [0, 0.1) is 5.41 Å². The van der Waals surface area contributed by atoms with Gasteiger partial charge in [0.05, 0.1) is 6.42 Å². The maximum Gasteiger partial charge on any atom is 0.303 e. The van der Waals surface area contributed by atoms with Crippen LogP contribution < -0.4 is 5.32 Å². The van der Waals surface area contributed by atoms with Gasteiger partial charge in [-0.3, -0.25) is 13.8 Å². The first-order valence-electron chi connectivity index (χ1n) is 7.85. The van der Waals surface area contributed by atoms with Gasteiger partial charge in [0.2, 0.25) is 5.91 Å². The zero-order valence-corrected chi connectivity index (χ0v) is 13.3. The largest absolute Gasteiger partial charge is 0.481 e. The van der Waals surface area contributed by atoms with E-state index in [1.165, 1.54) is 0 Å². The zero-order valence-electron chi connectivity index (χ0n) is 12.4. The second kappa shape index (κ2) is 7.38. The summed E-state index contributed by atoms with van der Waals surface area (Å²) in [4.78, 5) is 23.4. The molecule has 5 nitrogen and oxygen atoms in total. The molecular formula is C15H25NO4S. The van der Waals surface area contributed by atoms with Crippen LogP contribution in [-0.2, 0) is 20.4 Å². The summed E-state index contributed by atoms with van der Waals surface area (Å²) in [6.45, 7) is 0. The van der Waals surface area contributed by atoms with Gasteiger partial charge in [-0.25, -0.2) is 0 Å². The van der Waals surface area contributed by atoms with Crippen molar-refractivity contribution in [2.75, 3.05) is 11.5 Å². The Balaban J connectivity index is 1.88. The molecule has 1 aliphatic heterocycles. The molecule has 2 fully saturated rings. The number of rotatable bonds is 5. The second-order valence-corrected chi connectivity index (χ2v) is 8.19. The Morgan fingerprint density at radius 3 is 2.29 bits per heavy atom. The Bertz CT molecular complexity index is 408. The first kappa shape index (κ1) is 16.5. The second-order valence-electron chi connectivity index (χ2n) is 6.50. The molecule has 120 valence electrons. The highest BCUT2D eigenvalue weighted by atomic mass is 32.2. The molecule has 1 saturated heterocycles. The summed E-state index contributed by atoms with van der Waals surface area (Å²) in [5.41, 5.74) is -0.356. The van der Waals surface area contributed by atoms with Crippen molar-refractivity contribution in [3.05, 3.63) is 0 Å². The SMILES string of the molecule is O=C(O)CC1(CC(=O)NC2CCS(=O)CC2)CCCCC1. The molecule has 1 saturated carbocycles. The minimum atomic E-state index is -0.808. The number of carboxylic acids is 1. The number of carbonyl (C=O) groups is 2. The van der Waals surface area contributed by atoms with Crippen molar-refractivity contribution in [3.63, 3.8) is 0 Å². The zero-order chi connectivity index (χ0) is 15.3. The highest BCUT2D eigenvalue weighted by Crippen LogP contribution is 2.42. The van der Waals surface area contributed by atoms with Gasteiger partial charge in [-0.1, -0.05) is 19.3 Å². The van der Waals surface area contributed by atoms with Crippen LogP contribution in [0.4, 0.5) is 0 Å². The van der Waals surface area contributed by atoms with Crippen LogP contribution in [-0.4, -0.2) is 38.7 Å². The lowest BCUT2D eigenvalue weighted by Gasteiger charge is -2.36. The van der Waals surface area contributed by atoms with Gasteiger partial charge in [-0.2, -0.15) is 0 Å². The third-order valence-electron chi connectivity index (χ3n) is 4.73. The predicted octanol–water partition coefficient (Wildman–Crippen LogP) is 1.83. The molecule has 2 N–H and O–H groups in total. The Labute approximate surface area is 128 Å². The van der Waals surface area contributed by atoms with Gasteiger partial charge >= 0.3 is 5.97 Å². The minimum Gasteiger partial charge on any atom is -0.481 e. The van der Waals surface area contributed by atoms with Crippen LogP contribution >= 0.6 is 0 Å². The Hall–Kier alpha value is -0.910. The van der Waals surface area contributed by atoms with E-state index in [9.17, 15) is 13.8 Å². The van der Waals surface area contributed by atoms with E-state index in [1.807, 2.05) is 0 Å². The molecule has 0 aromatic carbocycles. The standard InChI is InChI=1S/C15H25NO4S/c17-13(16-12-4-8-21(20)9-5-12)10-15(11-14(18)19)6-2-1-3-7-15/h12H,1-11H2,(H,16,17)(H,18,19). The van der Waals surface area contributed by atoms with E-state index in [2.05, 4.69) is 5.32 Å². The van der Waals surface area contributed by atoms with E-state index in [0.717, 1.165) is 44.9 Å². The number of aliphatic carboxylic acids is 1. The van der Waals surface area contributed by atoms with Crippen molar-refractivity contribution in [1.29, 1.82) is 0 Å². The van der Waals surface area contributed by atoms with E-state index < -0.39 is 16.8 Å². The molecular weight excluding hydrogens is 290 g/mol. The third kappa shape index (κ3) is 5.09. The fraction of sp³-hybridized carbons (Fsp3) is 0.867. The average molecular weight is 315 g/mol. The minimum absolute atomic E-state index is 0.0316. The van der Waals surface area contributed by atoms with Crippen LogP contribution in [0.25, 0.3) is 0 Å². The molecule has 2 aliphatic rings. The topological polar surface area (TPSA) is 83.5 Å². The van der Waals surface area contributed by atoms with Crippen molar-refractivity contribution in [2.45, 2.75) is 63.8 Å². The first-order valence-corrected chi connectivity index (χ1v) is 9.34. The number of carbonyl (C=O) groups excluding carboxylic acids is 1. The fourth-order valence-electron chi connectivity index (χ4n) is 3.60. The predicted molar refractivity (Wildman–Crippen MR) is 81.4 cm³/mol. The van der Waals surface area contributed by atoms with Gasteiger partial charge < -0.3 is 10.4 Å². The molecule has 0 aromatic rings. The van der Waals surface area contributed by atoms with E-state index in [4.69, 9.17) is 5.11 Å². The Morgan fingerprint density at radius 2 is 1.71 bits per heavy atom. The van der Waals surface area contributed by atoms with Gasteiger partial charge in [-0.15, -0.1) is 0 Å². The summed E-state index contributed by atoms with van der Waals surface area (Å²) in [5.74, 6) is 0.477. The average Bonchev–Trinajstić information content (AvgIpc) is 2.41. The summed E-state index contributed by atoms with van der Waals surface area (Å²) < 4.78 is 11.3. The van der Waals surface area contributed by atoms with E-state index in [-0.39, 0.29) is 23.8 Å². The molecule has 1 amide bonds. The van der Waals surface area contributed by atoms with Crippen molar-refractivity contribution in [2.24, 2.45) is 5.41 Å². The lowest BCUT2D eigenvalue weighted by Crippen LogP contribution is -2.42. The molecule has 0 atom stereocenters. The molecule has 21 heavy (non-hydrogen) atoms. The highest BCUT2D eigenvalue weighted by Gasteiger charge is 2.36. The Kier molecular flexibility index (Phi) is 5.79. The van der Waals surface area contributed by atoms with E-state index in [0.29, 0.717) is 17.9 Å². The molecule has 0 spiro atoms. The summed E-state index contributed by atoms with van der Waals surface area (Å²) >= 11 is 0. The molecule has 0 radical (unpaired) electrons. The van der Waals surface area contributed by atoms with Gasteiger partial charge in [0.1, 0.15) is 0 Å². The van der Waals surface area contributed by atoms with Crippen LogP contribution in [0.2, 0.25) is 0 Å². The van der Waals surface area contributed by atoms with Crippen LogP contribution in [0.15, 0.2) is 0 Å². The maximum absolute atomic E-state index is 12.3. The first-order chi connectivity index (χ1) is 9.99. The van der Waals surface area contributed by atoms with Gasteiger partial charge in [0, 0.05) is 34.8 Å². The number of nitrogens with one attached hydrogen (secondary N) is 1. The van der Waals surface area contributed by atoms with Crippen LogP contribution in [0.1, 0.15) is 57.8 Å². The smallest absolute Gasteiger partial charge is 0.303 e. The van der Waals surface area contributed by atoms with Crippen molar-refractivity contribution >= 4 is 22.7 Å². The van der Waals surface area contributed by atoms with Crippen molar-refractivity contribution < 1.29 is 18.9 Å². The number of hydrogen-bond donors (Lipinski definition) is 2. The molecule has 0 bridgehead atoms. The third-order valence-corrected chi connectivity index (χ3v) is 6.11. The summed E-state index contributed by atoms with van der Waals surface area (Å²) in [6, 6.07) is 0.112. The van der Waals surface area contributed by atoms with Crippen LogP contribution in [0.5, 0.6) is 0 Å². The fourth-order valence-corrected chi connectivity index (χ4v) is 4.90.